The molecule has 5 heterocycles. The van der Waals surface area contributed by atoms with Gasteiger partial charge in [-0.2, -0.15) is 0 Å². The van der Waals surface area contributed by atoms with Crippen LogP contribution in [0.25, 0.3) is 0 Å². The Hall–Kier alpha value is -3.89. The molecule has 1 aromatic heterocycles. The number of amides is 1. The average Bonchev–Trinajstić information content (AvgIpc) is 2.90. The molecule has 1 amide bonds. The van der Waals surface area contributed by atoms with E-state index in [2.05, 4.69) is 15.0 Å². The summed E-state index contributed by atoms with van der Waals surface area (Å²) in [5.74, 6) is -0.0621. The molecule has 3 fully saturated rings. The highest BCUT2D eigenvalue weighted by molar-refractivity contribution is 5.88. The monoisotopic (exact) mass is 488 g/mol. The summed E-state index contributed by atoms with van der Waals surface area (Å²) in [5.41, 5.74) is 4.49. The van der Waals surface area contributed by atoms with Gasteiger partial charge in [0.25, 0.3) is 5.91 Å². The summed E-state index contributed by atoms with van der Waals surface area (Å²) in [6.45, 7) is 1.77. The number of ether oxygens (including phenoxy) is 2. The molecule has 1 unspecified atom stereocenters. The Labute approximate surface area is 207 Å². The lowest BCUT2D eigenvalue weighted by Gasteiger charge is -2.54. The quantitative estimate of drug-likeness (QED) is 0.408. The molecule has 0 spiro atoms. The molecule has 36 heavy (non-hydrogen) atoms. The third-order valence-electron chi connectivity index (χ3n) is 7.86. The Bertz CT molecular complexity index is 1280. The van der Waals surface area contributed by atoms with Gasteiger partial charge in [-0.3, -0.25) is 4.79 Å². The third-order valence-corrected chi connectivity index (χ3v) is 7.86. The molecule has 10 heteroatoms. The van der Waals surface area contributed by atoms with E-state index in [1.807, 2.05) is 0 Å². The molecule has 2 bridgehead atoms. The molecular weight excluding hydrogens is 462 g/mol. The first-order chi connectivity index (χ1) is 17.4. The molecule has 0 aliphatic carbocycles. The van der Waals surface area contributed by atoms with E-state index < -0.39 is 29.6 Å². The largest absolute Gasteiger partial charge is 0.457 e. The molecule has 10 nitrogen and oxygen atoms in total. The molecule has 3 N–H and O–H groups in total. The van der Waals surface area contributed by atoms with Gasteiger partial charge in [-0.1, -0.05) is 36.4 Å². The maximum atomic E-state index is 13.8. The molecule has 4 aliphatic heterocycles. The van der Waals surface area contributed by atoms with Crippen molar-refractivity contribution in [2.45, 2.75) is 30.6 Å². The van der Waals surface area contributed by atoms with Crippen LogP contribution in [0.4, 0.5) is 0 Å². The number of primary amides is 1. The Morgan fingerprint density at radius 3 is 2.19 bits per heavy atom. The fourth-order valence-electron chi connectivity index (χ4n) is 6.11. The Kier molecular flexibility index (Phi) is 5.24. The van der Waals surface area contributed by atoms with Crippen molar-refractivity contribution < 1.29 is 28.7 Å². The lowest BCUT2D eigenvalue weighted by Crippen LogP contribution is -2.68. The highest BCUT2D eigenvalue weighted by atomic mass is 16.6. The molecule has 3 aromatic rings. The van der Waals surface area contributed by atoms with Crippen LogP contribution in [0, 0.1) is 5.92 Å². The number of piperidine rings is 3. The number of aliphatic hydroxyl groups is 1. The minimum absolute atomic E-state index is 0.120. The number of nitrogens with two attached hydrogens (primary N) is 1. The Balaban J connectivity index is 1.34. The van der Waals surface area contributed by atoms with Crippen molar-refractivity contribution in [1.82, 2.24) is 15.0 Å². The van der Waals surface area contributed by atoms with Crippen molar-refractivity contribution in [2.24, 2.45) is 11.7 Å². The van der Waals surface area contributed by atoms with Gasteiger partial charge in [0.1, 0.15) is 30.7 Å². The van der Waals surface area contributed by atoms with Crippen molar-refractivity contribution in [2.75, 3.05) is 19.6 Å². The molecule has 184 valence electrons. The number of hydrogen-bond acceptors (Lipinski definition) is 8. The van der Waals surface area contributed by atoms with Crippen LogP contribution in [0.5, 0.6) is 11.5 Å². The molecule has 4 aliphatic rings. The number of benzene rings is 2. The van der Waals surface area contributed by atoms with Crippen LogP contribution in [0.2, 0.25) is 0 Å². The van der Waals surface area contributed by atoms with Gasteiger partial charge in [0.05, 0.1) is 13.1 Å². The van der Waals surface area contributed by atoms with Gasteiger partial charge >= 0.3 is 5.97 Å². The fourth-order valence-corrected chi connectivity index (χ4v) is 6.11. The molecular formula is C26H26N5O5+. The van der Waals surface area contributed by atoms with Crippen LogP contribution in [-0.2, 0) is 19.9 Å². The number of esters is 1. The predicted octanol–water partition coefficient (Wildman–Crippen LogP) is 1.59. The zero-order chi connectivity index (χ0) is 24.9. The lowest BCUT2D eigenvalue weighted by atomic mass is 9.80. The van der Waals surface area contributed by atoms with Crippen LogP contribution in [0.3, 0.4) is 0 Å². The summed E-state index contributed by atoms with van der Waals surface area (Å²) >= 11 is 0. The van der Waals surface area contributed by atoms with Gasteiger partial charge in [-0.05, 0) is 12.1 Å². The van der Waals surface area contributed by atoms with Crippen molar-refractivity contribution in [3.05, 3.63) is 78.1 Å². The first-order valence-corrected chi connectivity index (χ1v) is 12.0. The second-order valence-electron chi connectivity index (χ2n) is 9.74. The van der Waals surface area contributed by atoms with E-state index in [-0.39, 0.29) is 5.92 Å². The Morgan fingerprint density at radius 2 is 1.61 bits per heavy atom. The summed E-state index contributed by atoms with van der Waals surface area (Å²) in [4.78, 5) is 38.7. The van der Waals surface area contributed by atoms with Gasteiger partial charge in [0.15, 0.2) is 11.9 Å². The minimum atomic E-state index is -2.03. The van der Waals surface area contributed by atoms with E-state index in [9.17, 15) is 14.7 Å². The summed E-state index contributed by atoms with van der Waals surface area (Å²) in [6, 6.07) is 13.0. The van der Waals surface area contributed by atoms with E-state index in [1.165, 1.54) is 12.7 Å². The van der Waals surface area contributed by atoms with Gasteiger partial charge in [0.2, 0.25) is 11.6 Å². The van der Waals surface area contributed by atoms with Gasteiger partial charge in [-0.25, -0.2) is 19.7 Å². The number of carbonyl (C=O) groups excluding carboxylic acids is 2. The van der Waals surface area contributed by atoms with Crippen molar-refractivity contribution in [1.29, 1.82) is 0 Å². The minimum Gasteiger partial charge on any atom is -0.457 e. The smallest absolute Gasteiger partial charge is 0.348 e. The van der Waals surface area contributed by atoms with E-state index in [0.717, 1.165) is 12.8 Å². The molecule has 0 radical (unpaired) electrons. The maximum Gasteiger partial charge on any atom is 0.348 e. The molecule has 2 aromatic carbocycles. The van der Waals surface area contributed by atoms with Crippen LogP contribution in [0.1, 0.15) is 35.8 Å². The van der Waals surface area contributed by atoms with Crippen LogP contribution in [-0.4, -0.2) is 62.2 Å². The number of carbonyl (C=O) groups is 2. The summed E-state index contributed by atoms with van der Waals surface area (Å²) in [6.07, 6.45) is 3.69. The maximum absolute atomic E-state index is 13.8. The summed E-state index contributed by atoms with van der Waals surface area (Å²) < 4.78 is 12.4. The van der Waals surface area contributed by atoms with Crippen molar-refractivity contribution in [3.8, 4) is 11.5 Å². The predicted molar refractivity (Wildman–Crippen MR) is 125 cm³/mol. The zero-order valence-corrected chi connectivity index (χ0v) is 19.5. The van der Waals surface area contributed by atoms with Gasteiger partial charge in [-0.15, -0.1) is 0 Å². The van der Waals surface area contributed by atoms with E-state index in [1.54, 1.807) is 48.5 Å². The highest BCUT2D eigenvalue weighted by Gasteiger charge is 2.56. The SMILES string of the molecule is NC(=O)C(c1ncncn1)[N+]12CCC(CC1)[C@@H](OC(=O)C1(O)c3ccccc3Oc3ccccc31)C2. The first kappa shape index (κ1) is 22.6. The van der Waals surface area contributed by atoms with Crippen molar-refractivity contribution >= 4 is 11.9 Å². The lowest BCUT2D eigenvalue weighted by molar-refractivity contribution is -0.965. The van der Waals surface area contributed by atoms with Gasteiger partial charge < -0.3 is 24.8 Å². The van der Waals surface area contributed by atoms with Crippen molar-refractivity contribution in [3.63, 3.8) is 0 Å². The second kappa shape index (κ2) is 8.35. The third kappa shape index (κ3) is 3.36. The zero-order valence-electron chi connectivity index (χ0n) is 19.5. The van der Waals surface area contributed by atoms with Crippen LogP contribution < -0.4 is 10.5 Å². The van der Waals surface area contributed by atoms with Crippen LogP contribution >= 0.6 is 0 Å². The molecule has 2 atom stereocenters. The number of fused-ring (bicyclic) bond motifs is 5. The standard InChI is InChI=1S/C26H25N5O5/c27-23(32)22(24-29-14-28-15-30-24)31-11-9-16(10-12-31)21(13-31)36-25(33)26(34)17-5-1-3-7-19(17)35-20-8-4-2-6-18(20)26/h1-8,14-16,21-22,34H,9-13H2,(H-,27,32)/p+1/t16?,21-,22?,31?/m0/s1. The number of para-hydroxylation sites is 2. The molecule has 3 saturated heterocycles. The normalized spacial score (nSPS) is 26.1. The topological polar surface area (TPSA) is 138 Å². The van der Waals surface area contributed by atoms with Gasteiger partial charge in [0, 0.05) is 29.9 Å². The number of aromatic nitrogens is 3. The number of quaternary nitrogens is 1. The van der Waals surface area contributed by atoms with E-state index >= 15 is 0 Å². The number of hydrogen-bond donors (Lipinski definition) is 2. The molecule has 0 saturated carbocycles. The second-order valence-corrected chi connectivity index (χ2v) is 9.74. The Morgan fingerprint density at radius 1 is 1.03 bits per heavy atom. The van der Waals surface area contributed by atoms with E-state index in [0.29, 0.717) is 52.6 Å². The molecule has 7 rings (SSSR count). The van der Waals surface area contributed by atoms with E-state index in [4.69, 9.17) is 15.2 Å². The average molecular weight is 489 g/mol. The number of rotatable bonds is 5. The van der Waals surface area contributed by atoms with Crippen LogP contribution in [0.15, 0.2) is 61.2 Å². The first-order valence-electron chi connectivity index (χ1n) is 12.0. The summed E-state index contributed by atoms with van der Waals surface area (Å²) in [5, 5.41) is 11.9. The number of nitrogens with zero attached hydrogens (tertiary/aromatic N) is 4. The highest BCUT2D eigenvalue weighted by Crippen LogP contribution is 2.48. The summed E-state index contributed by atoms with van der Waals surface area (Å²) in [7, 11) is 0. The fraction of sp³-hybridized carbons (Fsp3) is 0.346.